The lowest BCUT2D eigenvalue weighted by Crippen LogP contribution is -2.49. The highest BCUT2D eigenvalue weighted by Gasteiger charge is 2.50. The fraction of sp³-hybridized carbons (Fsp3) is 0.719. The topological polar surface area (TPSA) is 88.2 Å². The quantitative estimate of drug-likeness (QED) is 0.514. The molecule has 212 valence electrons. The SMILES string of the molecule is NC1=NC(CC2CCCCC2)(CC2CCCCC2)C(=O)N1CC1CCN(C(=O)c2ccc3c(c2)OCC3)CC1. The van der Waals surface area contributed by atoms with E-state index in [4.69, 9.17) is 15.5 Å². The van der Waals surface area contributed by atoms with Crippen LogP contribution in [-0.2, 0) is 11.2 Å². The predicted octanol–water partition coefficient (Wildman–Crippen LogP) is 5.31. The van der Waals surface area contributed by atoms with Crippen LogP contribution >= 0.6 is 0 Å². The third kappa shape index (κ3) is 5.69. The van der Waals surface area contributed by atoms with Gasteiger partial charge < -0.3 is 15.4 Å². The van der Waals surface area contributed by atoms with Gasteiger partial charge in [0.1, 0.15) is 11.3 Å². The lowest BCUT2D eigenvalue weighted by Gasteiger charge is -2.37. The fourth-order valence-corrected chi connectivity index (χ4v) is 8.00. The van der Waals surface area contributed by atoms with Gasteiger partial charge in [0, 0.05) is 31.6 Å². The van der Waals surface area contributed by atoms with Crippen LogP contribution in [-0.4, -0.2) is 59.4 Å². The number of guanidine groups is 1. The van der Waals surface area contributed by atoms with Crippen LogP contribution in [0.15, 0.2) is 23.2 Å². The molecule has 3 aliphatic heterocycles. The van der Waals surface area contributed by atoms with Crippen molar-refractivity contribution in [3.8, 4) is 5.75 Å². The van der Waals surface area contributed by atoms with E-state index in [1.807, 2.05) is 28.0 Å². The van der Waals surface area contributed by atoms with Crippen LogP contribution in [0.5, 0.6) is 5.75 Å². The van der Waals surface area contributed by atoms with Crippen molar-refractivity contribution in [2.45, 2.75) is 102 Å². The molecule has 0 spiro atoms. The molecule has 2 N–H and O–H groups in total. The van der Waals surface area contributed by atoms with Gasteiger partial charge in [-0.3, -0.25) is 14.5 Å². The van der Waals surface area contributed by atoms with E-state index in [9.17, 15) is 9.59 Å². The van der Waals surface area contributed by atoms with Gasteiger partial charge >= 0.3 is 0 Å². The predicted molar refractivity (Wildman–Crippen MR) is 153 cm³/mol. The smallest absolute Gasteiger partial charge is 0.257 e. The second kappa shape index (κ2) is 11.5. The average molecular weight is 535 g/mol. The molecule has 3 heterocycles. The highest BCUT2D eigenvalue weighted by molar-refractivity contribution is 6.06. The average Bonchev–Trinajstić information content (AvgIpc) is 3.52. The van der Waals surface area contributed by atoms with E-state index in [1.165, 1.54) is 69.8 Å². The molecule has 5 aliphatic rings. The Hall–Kier alpha value is -2.57. The number of nitrogens with two attached hydrogens (primary N) is 1. The minimum absolute atomic E-state index is 0.0732. The number of likely N-dealkylation sites (tertiary alicyclic amines) is 1. The van der Waals surface area contributed by atoms with Crippen molar-refractivity contribution in [1.29, 1.82) is 0 Å². The molecule has 39 heavy (non-hydrogen) atoms. The first-order chi connectivity index (χ1) is 19.0. The number of carbonyl (C=O) groups is 2. The molecule has 6 rings (SSSR count). The summed E-state index contributed by atoms with van der Waals surface area (Å²) in [7, 11) is 0. The summed E-state index contributed by atoms with van der Waals surface area (Å²) in [6.45, 7) is 2.73. The van der Waals surface area contributed by atoms with Crippen molar-refractivity contribution in [3.05, 3.63) is 29.3 Å². The molecule has 0 radical (unpaired) electrons. The number of piperidine rings is 1. The van der Waals surface area contributed by atoms with E-state index in [0.717, 1.165) is 37.9 Å². The van der Waals surface area contributed by atoms with Gasteiger partial charge in [0.25, 0.3) is 11.8 Å². The van der Waals surface area contributed by atoms with Gasteiger partial charge in [0.2, 0.25) is 0 Å². The van der Waals surface area contributed by atoms with Gasteiger partial charge in [-0.15, -0.1) is 0 Å². The number of amides is 2. The Bertz CT molecular complexity index is 1060. The standard InChI is InChI=1S/C32H46N4O3/c33-31-34-32(20-23-7-3-1-4-8-23,21-24-9-5-2-6-10-24)30(38)36(31)22-25-13-16-35(17-14-25)29(37)27-12-11-26-15-18-39-28(26)19-27/h11-12,19,23-25H,1-10,13-18,20-22H2,(H2,33,34). The molecule has 2 saturated carbocycles. The van der Waals surface area contributed by atoms with Crippen LogP contribution in [0.4, 0.5) is 0 Å². The second-order valence-electron chi connectivity index (χ2n) is 13.0. The molecule has 7 nitrogen and oxygen atoms in total. The molecule has 0 unspecified atom stereocenters. The number of carbonyl (C=O) groups excluding carboxylic acids is 2. The van der Waals surface area contributed by atoms with Gasteiger partial charge in [-0.25, -0.2) is 4.99 Å². The van der Waals surface area contributed by atoms with E-state index in [1.54, 1.807) is 0 Å². The van der Waals surface area contributed by atoms with Crippen molar-refractivity contribution < 1.29 is 14.3 Å². The number of hydrogen-bond acceptors (Lipinski definition) is 5. The van der Waals surface area contributed by atoms with Crippen molar-refractivity contribution in [2.24, 2.45) is 28.5 Å². The Kier molecular flexibility index (Phi) is 7.86. The Balaban J connectivity index is 1.09. The zero-order valence-electron chi connectivity index (χ0n) is 23.5. The summed E-state index contributed by atoms with van der Waals surface area (Å²) in [6, 6.07) is 5.85. The van der Waals surface area contributed by atoms with Crippen LogP contribution < -0.4 is 10.5 Å². The Morgan fingerprint density at radius 2 is 1.56 bits per heavy atom. The van der Waals surface area contributed by atoms with E-state index >= 15 is 0 Å². The minimum Gasteiger partial charge on any atom is -0.493 e. The number of fused-ring (bicyclic) bond motifs is 1. The van der Waals surface area contributed by atoms with Gasteiger partial charge in [-0.2, -0.15) is 0 Å². The van der Waals surface area contributed by atoms with E-state index in [0.29, 0.717) is 55.5 Å². The second-order valence-corrected chi connectivity index (χ2v) is 13.0. The van der Waals surface area contributed by atoms with E-state index in [-0.39, 0.29) is 11.8 Å². The van der Waals surface area contributed by atoms with Crippen LogP contribution in [0.1, 0.15) is 106 Å². The van der Waals surface area contributed by atoms with Crippen molar-refractivity contribution >= 4 is 17.8 Å². The van der Waals surface area contributed by atoms with Crippen LogP contribution in [0.2, 0.25) is 0 Å². The van der Waals surface area contributed by atoms with E-state index < -0.39 is 5.54 Å². The number of benzene rings is 1. The van der Waals surface area contributed by atoms with Crippen LogP contribution in [0.25, 0.3) is 0 Å². The zero-order chi connectivity index (χ0) is 26.8. The van der Waals surface area contributed by atoms with E-state index in [2.05, 4.69) is 0 Å². The zero-order valence-corrected chi connectivity index (χ0v) is 23.5. The maximum absolute atomic E-state index is 14.2. The van der Waals surface area contributed by atoms with Gasteiger partial charge in [0.15, 0.2) is 5.96 Å². The molecule has 1 aromatic carbocycles. The van der Waals surface area contributed by atoms with Gasteiger partial charge in [0.05, 0.1) is 6.61 Å². The Labute approximate surface area is 233 Å². The molecule has 2 aliphatic carbocycles. The molecule has 3 fully saturated rings. The molecule has 7 heteroatoms. The molecular weight excluding hydrogens is 488 g/mol. The summed E-state index contributed by atoms with van der Waals surface area (Å²) >= 11 is 0. The van der Waals surface area contributed by atoms with Gasteiger partial charge in [-0.1, -0.05) is 70.3 Å². The third-order valence-corrected chi connectivity index (χ3v) is 10.2. The first kappa shape index (κ1) is 26.6. The molecule has 0 atom stereocenters. The van der Waals surface area contributed by atoms with Crippen LogP contribution in [0, 0.1) is 17.8 Å². The summed E-state index contributed by atoms with van der Waals surface area (Å²) in [5.41, 5.74) is 7.78. The summed E-state index contributed by atoms with van der Waals surface area (Å²) in [5.74, 6) is 3.02. The highest BCUT2D eigenvalue weighted by atomic mass is 16.5. The maximum Gasteiger partial charge on any atom is 0.257 e. The van der Waals surface area contributed by atoms with Gasteiger partial charge in [-0.05, 0) is 61.1 Å². The monoisotopic (exact) mass is 534 g/mol. The highest BCUT2D eigenvalue weighted by Crippen LogP contribution is 2.42. The lowest BCUT2D eigenvalue weighted by molar-refractivity contribution is -0.133. The molecule has 1 saturated heterocycles. The first-order valence-electron chi connectivity index (χ1n) is 15.7. The van der Waals surface area contributed by atoms with Crippen molar-refractivity contribution in [3.63, 3.8) is 0 Å². The number of ether oxygens (including phenoxy) is 1. The lowest BCUT2D eigenvalue weighted by atomic mass is 9.73. The fourth-order valence-electron chi connectivity index (χ4n) is 8.00. The summed E-state index contributed by atoms with van der Waals surface area (Å²) in [5, 5.41) is 0. The largest absolute Gasteiger partial charge is 0.493 e. The number of aliphatic imine (C=N–C) groups is 1. The normalized spacial score (nSPS) is 24.5. The first-order valence-corrected chi connectivity index (χ1v) is 15.7. The van der Waals surface area contributed by atoms with Crippen molar-refractivity contribution in [2.75, 3.05) is 26.2 Å². The third-order valence-electron chi connectivity index (χ3n) is 10.2. The molecular formula is C32H46N4O3. The molecule has 0 bridgehead atoms. The molecule has 1 aromatic rings. The Morgan fingerprint density at radius 1 is 0.923 bits per heavy atom. The minimum atomic E-state index is -0.652. The summed E-state index contributed by atoms with van der Waals surface area (Å²) in [6.07, 6.45) is 17.0. The summed E-state index contributed by atoms with van der Waals surface area (Å²) < 4.78 is 5.67. The number of hydrogen-bond donors (Lipinski definition) is 1. The number of rotatable bonds is 7. The Morgan fingerprint density at radius 3 is 2.21 bits per heavy atom. The van der Waals surface area contributed by atoms with Crippen molar-refractivity contribution in [1.82, 2.24) is 9.80 Å². The summed E-state index contributed by atoms with van der Waals surface area (Å²) in [4.78, 5) is 36.2. The number of nitrogens with zero attached hydrogens (tertiary/aromatic N) is 3. The van der Waals surface area contributed by atoms with Crippen LogP contribution in [0.3, 0.4) is 0 Å². The maximum atomic E-state index is 14.2. The molecule has 2 amide bonds. The molecule has 0 aromatic heterocycles.